The molecule has 1 aromatic rings. The Kier molecular flexibility index (Phi) is 5.13. The van der Waals surface area contributed by atoms with Crippen molar-refractivity contribution in [2.24, 2.45) is 11.7 Å². The first-order valence-corrected chi connectivity index (χ1v) is 7.09. The van der Waals surface area contributed by atoms with Crippen LogP contribution in [0.5, 0.6) is 11.5 Å². The maximum Gasteiger partial charge on any atom is 0.231 e. The smallest absolute Gasteiger partial charge is 0.231 e. The van der Waals surface area contributed by atoms with Gasteiger partial charge in [-0.1, -0.05) is 31.4 Å². The fraction of sp³-hybridized carbons (Fsp3) is 0.600. The summed E-state index contributed by atoms with van der Waals surface area (Å²) >= 11 is 0. The van der Waals surface area contributed by atoms with Crippen molar-refractivity contribution >= 4 is 12.4 Å². The van der Waals surface area contributed by atoms with Crippen LogP contribution in [-0.4, -0.2) is 18.0 Å². The van der Waals surface area contributed by atoms with E-state index in [4.69, 9.17) is 15.2 Å². The molecule has 1 aliphatic carbocycles. The molecule has 1 aromatic carbocycles. The summed E-state index contributed by atoms with van der Waals surface area (Å²) in [6.07, 6.45) is 5.30. The van der Waals surface area contributed by atoms with E-state index in [1.54, 1.807) is 0 Å². The van der Waals surface area contributed by atoms with Crippen LogP contribution in [0.2, 0.25) is 0 Å². The summed E-state index contributed by atoms with van der Waals surface area (Å²) in [6.45, 7) is 0.235. The van der Waals surface area contributed by atoms with Crippen molar-refractivity contribution in [1.82, 2.24) is 0 Å². The Balaban J connectivity index is 0.00000147. The van der Waals surface area contributed by atoms with Gasteiger partial charge in [0, 0.05) is 5.56 Å². The number of rotatable bonds is 3. The van der Waals surface area contributed by atoms with Crippen molar-refractivity contribution in [3.63, 3.8) is 0 Å². The molecular formula is C15H22ClNO3. The first kappa shape index (κ1) is 15.4. The number of para-hydroxylation sites is 1. The lowest BCUT2D eigenvalue weighted by atomic mass is 9.81. The molecule has 1 saturated carbocycles. The lowest BCUT2D eigenvalue weighted by molar-refractivity contribution is 0.0608. The molecule has 0 bridgehead atoms. The number of fused-ring (bicyclic) bond motifs is 1. The summed E-state index contributed by atoms with van der Waals surface area (Å²) in [7, 11) is 0. The predicted molar refractivity (Wildman–Crippen MR) is 79.3 cm³/mol. The van der Waals surface area contributed by atoms with Gasteiger partial charge in [0.25, 0.3) is 0 Å². The van der Waals surface area contributed by atoms with Gasteiger partial charge in [-0.2, -0.15) is 0 Å². The van der Waals surface area contributed by atoms with Crippen molar-refractivity contribution in [3.05, 3.63) is 23.8 Å². The molecule has 3 N–H and O–H groups in total. The fourth-order valence-corrected chi connectivity index (χ4v) is 3.17. The number of hydrogen-bond donors (Lipinski definition) is 2. The minimum atomic E-state index is -0.504. The Bertz CT molecular complexity index is 449. The molecule has 5 heteroatoms. The molecule has 0 spiro atoms. The number of hydrogen-bond acceptors (Lipinski definition) is 4. The number of ether oxygens (including phenoxy) is 2. The van der Waals surface area contributed by atoms with Crippen LogP contribution in [0.1, 0.15) is 43.7 Å². The van der Waals surface area contributed by atoms with Gasteiger partial charge in [0.05, 0.1) is 12.1 Å². The molecule has 1 aliphatic heterocycles. The number of aliphatic hydroxyl groups excluding tert-OH is 1. The second kappa shape index (κ2) is 6.66. The molecule has 20 heavy (non-hydrogen) atoms. The first-order valence-electron chi connectivity index (χ1n) is 7.09. The van der Waals surface area contributed by atoms with E-state index >= 15 is 0 Å². The molecular weight excluding hydrogens is 278 g/mol. The molecule has 1 fully saturated rings. The van der Waals surface area contributed by atoms with Crippen LogP contribution in [0.3, 0.4) is 0 Å². The zero-order valence-corrected chi connectivity index (χ0v) is 12.3. The van der Waals surface area contributed by atoms with Crippen LogP contribution in [0.15, 0.2) is 18.2 Å². The Hall–Kier alpha value is -0.970. The third kappa shape index (κ3) is 2.87. The Morgan fingerprint density at radius 1 is 1.15 bits per heavy atom. The van der Waals surface area contributed by atoms with Gasteiger partial charge < -0.3 is 20.3 Å². The Labute approximate surface area is 125 Å². The van der Waals surface area contributed by atoms with Crippen LogP contribution in [0.25, 0.3) is 0 Å². The molecule has 0 radical (unpaired) electrons. The summed E-state index contributed by atoms with van der Waals surface area (Å²) in [5, 5.41) is 10.5. The molecule has 0 saturated heterocycles. The normalized spacial score (nSPS) is 21.1. The highest BCUT2D eigenvalue weighted by atomic mass is 35.5. The van der Waals surface area contributed by atoms with Crippen LogP contribution >= 0.6 is 12.4 Å². The van der Waals surface area contributed by atoms with E-state index in [9.17, 15) is 5.11 Å². The molecule has 0 aromatic heterocycles. The summed E-state index contributed by atoms with van der Waals surface area (Å²) in [4.78, 5) is 0. The van der Waals surface area contributed by atoms with E-state index in [-0.39, 0.29) is 19.2 Å². The van der Waals surface area contributed by atoms with E-state index in [0.29, 0.717) is 11.7 Å². The standard InChI is InChI=1S/C15H21NO3.ClH/c16-13(14(17)10-5-2-1-3-6-10)11-7-4-8-12-15(11)19-9-18-12;/h4,7-8,10,13-14,17H,1-3,5-6,9,16H2;1H/t13-,14+;/m1./s1. The molecule has 2 atom stereocenters. The molecule has 4 nitrogen and oxygen atoms in total. The Morgan fingerprint density at radius 2 is 1.90 bits per heavy atom. The SMILES string of the molecule is Cl.N[C@H](c1cccc2c1OCO2)[C@@H](O)C1CCCCC1. The highest BCUT2D eigenvalue weighted by molar-refractivity contribution is 5.85. The minimum absolute atomic E-state index is 0. The second-order valence-corrected chi connectivity index (χ2v) is 5.50. The third-order valence-electron chi connectivity index (χ3n) is 4.29. The molecule has 112 valence electrons. The van der Waals surface area contributed by atoms with Crippen molar-refractivity contribution in [3.8, 4) is 11.5 Å². The second-order valence-electron chi connectivity index (χ2n) is 5.50. The predicted octanol–water partition coefficient (Wildman–Crippen LogP) is 2.78. The summed E-state index contributed by atoms with van der Waals surface area (Å²) in [6, 6.07) is 5.28. The summed E-state index contributed by atoms with van der Waals surface area (Å²) in [5.41, 5.74) is 7.11. The van der Waals surface area contributed by atoms with Crippen molar-refractivity contribution in [2.75, 3.05) is 6.79 Å². The minimum Gasteiger partial charge on any atom is -0.454 e. The maximum absolute atomic E-state index is 10.5. The molecule has 2 aliphatic rings. The highest BCUT2D eigenvalue weighted by Gasteiger charge is 2.31. The zero-order valence-electron chi connectivity index (χ0n) is 11.5. The van der Waals surface area contributed by atoms with E-state index in [1.807, 2.05) is 18.2 Å². The molecule has 1 heterocycles. The van der Waals surface area contributed by atoms with Gasteiger partial charge in [-0.3, -0.25) is 0 Å². The topological polar surface area (TPSA) is 64.7 Å². The van der Waals surface area contributed by atoms with Gasteiger partial charge in [0.1, 0.15) is 0 Å². The van der Waals surface area contributed by atoms with Gasteiger partial charge in [-0.05, 0) is 24.8 Å². The zero-order chi connectivity index (χ0) is 13.2. The maximum atomic E-state index is 10.5. The van der Waals surface area contributed by atoms with Gasteiger partial charge in [0.15, 0.2) is 11.5 Å². The molecule has 3 rings (SSSR count). The number of benzene rings is 1. The lowest BCUT2D eigenvalue weighted by Crippen LogP contribution is -2.34. The summed E-state index contributed by atoms with van der Waals surface area (Å²) < 4.78 is 10.8. The summed E-state index contributed by atoms with van der Waals surface area (Å²) in [5.74, 6) is 1.73. The van der Waals surface area contributed by atoms with Gasteiger partial charge in [0.2, 0.25) is 6.79 Å². The lowest BCUT2D eigenvalue weighted by Gasteiger charge is -2.30. The van der Waals surface area contributed by atoms with E-state index in [2.05, 4.69) is 0 Å². The number of halogens is 1. The van der Waals surface area contributed by atoms with Crippen LogP contribution in [0, 0.1) is 5.92 Å². The van der Waals surface area contributed by atoms with Crippen molar-refractivity contribution < 1.29 is 14.6 Å². The van der Waals surface area contributed by atoms with E-state index in [0.717, 1.165) is 24.2 Å². The average Bonchev–Trinajstić information content (AvgIpc) is 2.95. The van der Waals surface area contributed by atoms with Crippen LogP contribution < -0.4 is 15.2 Å². The van der Waals surface area contributed by atoms with Crippen LogP contribution in [-0.2, 0) is 0 Å². The van der Waals surface area contributed by atoms with Gasteiger partial charge in [-0.25, -0.2) is 0 Å². The Morgan fingerprint density at radius 3 is 2.65 bits per heavy atom. The largest absolute Gasteiger partial charge is 0.454 e. The van der Waals surface area contributed by atoms with Crippen molar-refractivity contribution in [2.45, 2.75) is 44.2 Å². The third-order valence-corrected chi connectivity index (χ3v) is 4.29. The average molecular weight is 300 g/mol. The van der Waals surface area contributed by atoms with E-state index < -0.39 is 12.1 Å². The highest BCUT2D eigenvalue weighted by Crippen LogP contribution is 2.40. The quantitative estimate of drug-likeness (QED) is 0.901. The van der Waals surface area contributed by atoms with Crippen LogP contribution in [0.4, 0.5) is 0 Å². The van der Waals surface area contributed by atoms with E-state index in [1.165, 1.54) is 19.3 Å². The number of aliphatic hydroxyl groups is 1. The molecule has 0 amide bonds. The fourth-order valence-electron chi connectivity index (χ4n) is 3.17. The van der Waals surface area contributed by atoms with Crippen molar-refractivity contribution in [1.29, 1.82) is 0 Å². The van der Waals surface area contributed by atoms with Gasteiger partial charge >= 0.3 is 0 Å². The van der Waals surface area contributed by atoms with Gasteiger partial charge in [-0.15, -0.1) is 12.4 Å². The monoisotopic (exact) mass is 299 g/mol. The molecule has 0 unspecified atom stereocenters. The number of nitrogens with two attached hydrogens (primary N) is 1. The first-order chi connectivity index (χ1) is 9.27.